The van der Waals surface area contributed by atoms with Gasteiger partial charge in [0, 0.05) is 30.6 Å². The molecule has 1 aromatic carbocycles. The molecule has 0 radical (unpaired) electrons. The number of amides is 1. The molecule has 1 atom stereocenters. The normalized spacial score (nSPS) is 11.1. The van der Waals surface area contributed by atoms with Gasteiger partial charge in [0.1, 0.15) is 5.75 Å². The minimum atomic E-state index is -0.0378. The fraction of sp³-hybridized carbons (Fsp3) is 0.533. The molecule has 22 heavy (non-hydrogen) atoms. The maximum atomic E-state index is 11.7. The number of halogens is 1. The minimum Gasteiger partial charge on any atom is -0.496 e. The van der Waals surface area contributed by atoms with Gasteiger partial charge in [-0.05, 0) is 19.4 Å². The zero-order valence-corrected chi connectivity index (χ0v) is 14.3. The summed E-state index contributed by atoms with van der Waals surface area (Å²) in [5.41, 5.74) is 6.46. The molecule has 0 aromatic heterocycles. The molecule has 3 N–H and O–H groups in total. The lowest BCUT2D eigenvalue weighted by Crippen LogP contribution is -2.25. The summed E-state index contributed by atoms with van der Waals surface area (Å²) in [5.74, 6) is 1.78. The van der Waals surface area contributed by atoms with E-state index in [0.717, 1.165) is 5.56 Å². The molecule has 1 aromatic rings. The van der Waals surface area contributed by atoms with E-state index < -0.39 is 0 Å². The van der Waals surface area contributed by atoms with Crippen LogP contribution in [-0.4, -0.2) is 33.3 Å². The second-order valence-corrected chi connectivity index (χ2v) is 4.81. The van der Waals surface area contributed by atoms with Crippen LogP contribution in [0.5, 0.6) is 17.2 Å². The second-order valence-electron chi connectivity index (χ2n) is 4.81. The van der Waals surface area contributed by atoms with Gasteiger partial charge >= 0.3 is 0 Å². The summed E-state index contributed by atoms with van der Waals surface area (Å²) in [6.45, 7) is 2.24. The summed E-state index contributed by atoms with van der Waals surface area (Å²) in [4.78, 5) is 11.7. The van der Waals surface area contributed by atoms with Gasteiger partial charge < -0.3 is 25.3 Å². The molecule has 0 aliphatic heterocycles. The molecule has 0 heterocycles. The quantitative estimate of drug-likeness (QED) is 0.759. The van der Waals surface area contributed by atoms with Gasteiger partial charge in [0.25, 0.3) is 0 Å². The van der Waals surface area contributed by atoms with Crippen molar-refractivity contribution < 1.29 is 19.0 Å². The van der Waals surface area contributed by atoms with E-state index in [1.165, 1.54) is 0 Å². The van der Waals surface area contributed by atoms with Crippen LogP contribution in [0.1, 0.15) is 25.3 Å². The molecule has 0 aliphatic rings. The zero-order chi connectivity index (χ0) is 15.8. The standard InChI is InChI=1S/C15H24N2O4.ClH/c1-10(16)5-6-15(18)17-9-11-7-13(20-3)14(21-4)8-12(11)19-2;/h7-8,10H,5-6,9,16H2,1-4H3,(H,17,18);1H. The van der Waals surface area contributed by atoms with Crippen LogP contribution in [0.3, 0.4) is 0 Å². The summed E-state index contributed by atoms with van der Waals surface area (Å²) in [6.07, 6.45) is 1.07. The third-order valence-corrected chi connectivity index (χ3v) is 3.09. The van der Waals surface area contributed by atoms with Crippen LogP contribution >= 0.6 is 12.4 Å². The van der Waals surface area contributed by atoms with Crippen LogP contribution in [0, 0.1) is 0 Å². The highest BCUT2D eigenvalue weighted by atomic mass is 35.5. The number of methoxy groups -OCH3 is 3. The lowest BCUT2D eigenvalue weighted by Gasteiger charge is -2.14. The summed E-state index contributed by atoms with van der Waals surface area (Å²) < 4.78 is 15.8. The van der Waals surface area contributed by atoms with Crippen molar-refractivity contribution in [2.24, 2.45) is 5.73 Å². The van der Waals surface area contributed by atoms with Crippen LogP contribution < -0.4 is 25.3 Å². The number of benzene rings is 1. The van der Waals surface area contributed by atoms with Crippen LogP contribution in [0.2, 0.25) is 0 Å². The van der Waals surface area contributed by atoms with Crippen molar-refractivity contribution in [2.75, 3.05) is 21.3 Å². The van der Waals surface area contributed by atoms with E-state index in [0.29, 0.717) is 36.6 Å². The van der Waals surface area contributed by atoms with Crippen LogP contribution in [-0.2, 0) is 11.3 Å². The third kappa shape index (κ3) is 5.99. The average Bonchev–Trinajstić information content (AvgIpc) is 2.49. The minimum absolute atomic E-state index is 0. The largest absolute Gasteiger partial charge is 0.496 e. The molecule has 1 rings (SSSR count). The highest BCUT2D eigenvalue weighted by Gasteiger charge is 2.12. The van der Waals surface area contributed by atoms with Crippen LogP contribution in [0.4, 0.5) is 0 Å². The molecule has 0 saturated heterocycles. The predicted octanol–water partition coefficient (Wildman–Crippen LogP) is 1.88. The van der Waals surface area contributed by atoms with E-state index in [2.05, 4.69) is 5.32 Å². The molecule has 0 bridgehead atoms. The number of carbonyl (C=O) groups is 1. The molecular formula is C15H25ClN2O4. The Morgan fingerprint density at radius 2 is 1.68 bits per heavy atom. The molecule has 6 nitrogen and oxygen atoms in total. The third-order valence-electron chi connectivity index (χ3n) is 3.09. The predicted molar refractivity (Wildman–Crippen MR) is 88.1 cm³/mol. The van der Waals surface area contributed by atoms with Crippen molar-refractivity contribution in [3.63, 3.8) is 0 Å². The highest BCUT2D eigenvalue weighted by molar-refractivity contribution is 5.85. The average molecular weight is 333 g/mol. The molecule has 7 heteroatoms. The van der Waals surface area contributed by atoms with Gasteiger partial charge in [-0.1, -0.05) is 0 Å². The fourth-order valence-corrected chi connectivity index (χ4v) is 1.87. The molecule has 0 aliphatic carbocycles. The Hall–Kier alpha value is -1.66. The lowest BCUT2D eigenvalue weighted by molar-refractivity contribution is -0.121. The van der Waals surface area contributed by atoms with Gasteiger partial charge in [-0.15, -0.1) is 12.4 Å². The number of ether oxygens (including phenoxy) is 3. The van der Waals surface area contributed by atoms with E-state index in [-0.39, 0.29) is 24.4 Å². The van der Waals surface area contributed by atoms with E-state index >= 15 is 0 Å². The lowest BCUT2D eigenvalue weighted by atomic mass is 10.1. The first-order valence-corrected chi connectivity index (χ1v) is 6.83. The summed E-state index contributed by atoms with van der Waals surface area (Å²) >= 11 is 0. The SMILES string of the molecule is COc1cc(OC)c(OC)cc1CNC(=O)CCC(C)N.Cl. The number of hydrogen-bond donors (Lipinski definition) is 2. The maximum absolute atomic E-state index is 11.7. The Labute approximate surface area is 137 Å². The highest BCUT2D eigenvalue weighted by Crippen LogP contribution is 2.34. The van der Waals surface area contributed by atoms with Gasteiger partial charge in [0.15, 0.2) is 11.5 Å². The van der Waals surface area contributed by atoms with Crippen LogP contribution in [0.25, 0.3) is 0 Å². The number of nitrogens with one attached hydrogen (secondary N) is 1. The fourth-order valence-electron chi connectivity index (χ4n) is 1.87. The van der Waals surface area contributed by atoms with Crippen molar-refractivity contribution in [1.29, 1.82) is 0 Å². The number of carbonyl (C=O) groups excluding carboxylic acids is 1. The first kappa shape index (κ1) is 20.3. The number of nitrogens with two attached hydrogens (primary N) is 1. The molecule has 0 saturated carbocycles. The van der Waals surface area contributed by atoms with Crippen molar-refractivity contribution >= 4 is 18.3 Å². The van der Waals surface area contributed by atoms with Crippen LogP contribution in [0.15, 0.2) is 12.1 Å². The smallest absolute Gasteiger partial charge is 0.220 e. The van der Waals surface area contributed by atoms with Crippen molar-refractivity contribution in [1.82, 2.24) is 5.32 Å². The summed E-state index contributed by atoms with van der Waals surface area (Å²) in [6, 6.07) is 3.55. The first-order valence-electron chi connectivity index (χ1n) is 6.83. The topological polar surface area (TPSA) is 82.8 Å². The molecule has 0 spiro atoms. The van der Waals surface area contributed by atoms with Gasteiger partial charge in [-0.25, -0.2) is 0 Å². The summed E-state index contributed by atoms with van der Waals surface area (Å²) in [5, 5.41) is 2.85. The Kier molecular flexibility index (Phi) is 9.37. The van der Waals surface area contributed by atoms with Gasteiger partial charge in [-0.3, -0.25) is 4.79 Å². The monoisotopic (exact) mass is 332 g/mol. The van der Waals surface area contributed by atoms with E-state index in [1.807, 2.05) is 6.92 Å². The van der Waals surface area contributed by atoms with E-state index in [1.54, 1.807) is 33.5 Å². The van der Waals surface area contributed by atoms with Gasteiger partial charge in [0.2, 0.25) is 5.91 Å². The summed E-state index contributed by atoms with van der Waals surface area (Å²) in [7, 11) is 4.70. The van der Waals surface area contributed by atoms with Gasteiger partial charge in [-0.2, -0.15) is 0 Å². The van der Waals surface area contributed by atoms with Crippen molar-refractivity contribution in [3.05, 3.63) is 17.7 Å². The van der Waals surface area contributed by atoms with Crippen molar-refractivity contribution in [2.45, 2.75) is 32.4 Å². The molecule has 126 valence electrons. The Balaban J connectivity index is 0.00000441. The maximum Gasteiger partial charge on any atom is 0.220 e. The van der Waals surface area contributed by atoms with E-state index in [4.69, 9.17) is 19.9 Å². The second kappa shape index (κ2) is 10.1. The molecule has 1 amide bonds. The number of hydrogen-bond acceptors (Lipinski definition) is 5. The Bertz CT molecular complexity index is 481. The van der Waals surface area contributed by atoms with E-state index in [9.17, 15) is 4.79 Å². The molecule has 1 unspecified atom stereocenters. The Morgan fingerprint density at radius 3 is 2.18 bits per heavy atom. The van der Waals surface area contributed by atoms with Gasteiger partial charge in [0.05, 0.1) is 21.3 Å². The number of rotatable bonds is 8. The molecular weight excluding hydrogens is 308 g/mol. The zero-order valence-electron chi connectivity index (χ0n) is 13.5. The molecule has 0 fully saturated rings. The Morgan fingerprint density at radius 1 is 1.14 bits per heavy atom. The first-order chi connectivity index (χ1) is 10.0. The van der Waals surface area contributed by atoms with Crippen molar-refractivity contribution in [3.8, 4) is 17.2 Å².